The Labute approximate surface area is 72.2 Å². The molecule has 1 heterocycles. The monoisotopic (exact) mass is 160 g/mol. The zero-order valence-electron chi connectivity index (χ0n) is 7.39. The SMILES string of the molecule is CC1(C)CC1(C#N)c1ccc[nH]1. The summed E-state index contributed by atoms with van der Waals surface area (Å²) in [7, 11) is 0. The zero-order valence-corrected chi connectivity index (χ0v) is 7.39. The third-order valence-corrected chi connectivity index (χ3v) is 2.99. The van der Waals surface area contributed by atoms with Gasteiger partial charge in [-0.2, -0.15) is 5.26 Å². The summed E-state index contributed by atoms with van der Waals surface area (Å²) < 4.78 is 0. The van der Waals surface area contributed by atoms with E-state index in [1.807, 2.05) is 18.3 Å². The lowest BCUT2D eigenvalue weighted by molar-refractivity contribution is 0.563. The molecule has 1 unspecified atom stereocenters. The molecule has 1 aromatic rings. The van der Waals surface area contributed by atoms with Crippen molar-refractivity contribution < 1.29 is 0 Å². The van der Waals surface area contributed by atoms with Crippen LogP contribution in [0.15, 0.2) is 18.3 Å². The summed E-state index contributed by atoms with van der Waals surface area (Å²) in [6, 6.07) is 6.36. The van der Waals surface area contributed by atoms with Gasteiger partial charge in [0.05, 0.1) is 6.07 Å². The predicted molar refractivity (Wildman–Crippen MR) is 46.5 cm³/mol. The van der Waals surface area contributed by atoms with Crippen LogP contribution in [0, 0.1) is 16.7 Å². The van der Waals surface area contributed by atoms with Crippen molar-refractivity contribution in [1.29, 1.82) is 5.26 Å². The van der Waals surface area contributed by atoms with Gasteiger partial charge in [-0.1, -0.05) is 13.8 Å². The summed E-state index contributed by atoms with van der Waals surface area (Å²) >= 11 is 0. The van der Waals surface area contributed by atoms with Crippen molar-refractivity contribution in [2.45, 2.75) is 25.7 Å². The Morgan fingerprint density at radius 3 is 2.58 bits per heavy atom. The Balaban J connectivity index is 2.43. The van der Waals surface area contributed by atoms with E-state index in [-0.39, 0.29) is 10.8 Å². The van der Waals surface area contributed by atoms with Crippen molar-refractivity contribution >= 4 is 0 Å². The Morgan fingerprint density at radius 1 is 1.58 bits per heavy atom. The summed E-state index contributed by atoms with van der Waals surface area (Å²) in [6.45, 7) is 4.27. The van der Waals surface area contributed by atoms with E-state index in [1.165, 1.54) is 0 Å². The molecule has 12 heavy (non-hydrogen) atoms. The lowest BCUT2D eigenvalue weighted by atomic mass is 9.94. The van der Waals surface area contributed by atoms with Crippen LogP contribution in [-0.2, 0) is 5.41 Å². The summed E-state index contributed by atoms with van der Waals surface area (Å²) in [5.41, 5.74) is 0.971. The maximum Gasteiger partial charge on any atom is 0.103 e. The number of H-pyrrole nitrogens is 1. The fraction of sp³-hybridized carbons (Fsp3) is 0.500. The number of nitrogens with zero attached hydrogens (tertiary/aromatic N) is 1. The molecule has 1 aliphatic carbocycles. The van der Waals surface area contributed by atoms with E-state index in [9.17, 15) is 0 Å². The molecule has 0 aliphatic heterocycles. The summed E-state index contributed by atoms with van der Waals surface area (Å²) in [4.78, 5) is 3.12. The number of nitriles is 1. The fourth-order valence-electron chi connectivity index (χ4n) is 1.93. The molecule has 0 bridgehead atoms. The molecule has 0 amide bonds. The summed E-state index contributed by atoms with van der Waals surface area (Å²) in [5.74, 6) is 0. The summed E-state index contributed by atoms with van der Waals surface area (Å²) in [5, 5.41) is 9.09. The normalized spacial score (nSPS) is 31.1. The Hall–Kier alpha value is -1.23. The Bertz CT molecular complexity index is 329. The average Bonchev–Trinajstić information content (AvgIpc) is 2.52. The molecule has 1 atom stereocenters. The third kappa shape index (κ3) is 0.687. The van der Waals surface area contributed by atoms with Crippen molar-refractivity contribution in [3.63, 3.8) is 0 Å². The van der Waals surface area contributed by atoms with Crippen LogP contribution in [0.3, 0.4) is 0 Å². The van der Waals surface area contributed by atoms with Gasteiger partial charge in [0.25, 0.3) is 0 Å². The van der Waals surface area contributed by atoms with Gasteiger partial charge >= 0.3 is 0 Å². The van der Waals surface area contributed by atoms with E-state index in [4.69, 9.17) is 5.26 Å². The minimum Gasteiger partial charge on any atom is -0.364 e. The highest BCUT2D eigenvalue weighted by atomic mass is 14.8. The van der Waals surface area contributed by atoms with E-state index < -0.39 is 0 Å². The highest BCUT2D eigenvalue weighted by molar-refractivity contribution is 5.40. The lowest BCUT2D eigenvalue weighted by Gasteiger charge is -2.09. The van der Waals surface area contributed by atoms with E-state index in [0.29, 0.717) is 0 Å². The number of aromatic amines is 1. The molecule has 2 nitrogen and oxygen atoms in total. The van der Waals surface area contributed by atoms with Crippen LogP contribution in [0.1, 0.15) is 26.0 Å². The molecule has 2 rings (SSSR count). The first-order chi connectivity index (χ1) is 5.62. The minimum atomic E-state index is -0.240. The quantitative estimate of drug-likeness (QED) is 0.672. The highest BCUT2D eigenvalue weighted by Crippen LogP contribution is 2.63. The van der Waals surface area contributed by atoms with Gasteiger partial charge in [0, 0.05) is 11.9 Å². The standard InChI is InChI=1S/C10H12N2/c1-9(2)6-10(9,7-11)8-4-3-5-12-8/h3-5,12H,6H2,1-2H3. The van der Waals surface area contributed by atoms with Crippen LogP contribution in [0.5, 0.6) is 0 Å². The van der Waals surface area contributed by atoms with Crippen molar-refractivity contribution in [3.05, 3.63) is 24.0 Å². The van der Waals surface area contributed by atoms with Gasteiger partial charge in [-0.25, -0.2) is 0 Å². The molecule has 1 aliphatic rings. The minimum absolute atomic E-state index is 0.145. The van der Waals surface area contributed by atoms with Gasteiger partial charge < -0.3 is 4.98 Å². The molecule has 1 N–H and O–H groups in total. The van der Waals surface area contributed by atoms with Crippen LogP contribution in [-0.4, -0.2) is 4.98 Å². The molecule has 0 saturated heterocycles. The lowest BCUT2D eigenvalue weighted by Crippen LogP contribution is -2.11. The second-order valence-corrected chi connectivity index (χ2v) is 4.16. The molecule has 2 heteroatoms. The van der Waals surface area contributed by atoms with Crippen molar-refractivity contribution in [2.75, 3.05) is 0 Å². The molecule has 0 aromatic carbocycles. The molecular weight excluding hydrogens is 148 g/mol. The predicted octanol–water partition coefficient (Wildman–Crippen LogP) is 2.21. The third-order valence-electron chi connectivity index (χ3n) is 2.99. The molecular formula is C10H12N2. The molecule has 1 saturated carbocycles. The second-order valence-electron chi connectivity index (χ2n) is 4.16. The maximum absolute atomic E-state index is 9.09. The molecule has 62 valence electrons. The van der Waals surface area contributed by atoms with E-state index in [1.54, 1.807) is 0 Å². The molecule has 1 aromatic heterocycles. The number of nitrogens with one attached hydrogen (secondary N) is 1. The second kappa shape index (κ2) is 1.92. The zero-order chi connectivity index (χ0) is 8.82. The smallest absolute Gasteiger partial charge is 0.103 e. The largest absolute Gasteiger partial charge is 0.364 e. The molecule has 1 fully saturated rings. The number of hydrogen-bond acceptors (Lipinski definition) is 1. The summed E-state index contributed by atoms with van der Waals surface area (Å²) in [6.07, 6.45) is 2.85. The number of aromatic nitrogens is 1. The van der Waals surface area contributed by atoms with E-state index in [2.05, 4.69) is 24.9 Å². The first kappa shape index (κ1) is 7.42. The maximum atomic E-state index is 9.09. The van der Waals surface area contributed by atoms with Gasteiger partial charge in [-0.15, -0.1) is 0 Å². The van der Waals surface area contributed by atoms with Gasteiger partial charge in [0.1, 0.15) is 5.41 Å². The van der Waals surface area contributed by atoms with Crippen molar-refractivity contribution in [1.82, 2.24) is 4.98 Å². The van der Waals surface area contributed by atoms with E-state index in [0.717, 1.165) is 12.1 Å². The Kier molecular flexibility index (Phi) is 1.19. The van der Waals surface area contributed by atoms with Crippen LogP contribution in [0.2, 0.25) is 0 Å². The molecule has 0 radical (unpaired) electrons. The topological polar surface area (TPSA) is 39.6 Å². The van der Waals surface area contributed by atoms with Crippen LogP contribution in [0.25, 0.3) is 0 Å². The van der Waals surface area contributed by atoms with Crippen LogP contribution in [0.4, 0.5) is 0 Å². The Morgan fingerprint density at radius 2 is 2.25 bits per heavy atom. The first-order valence-electron chi connectivity index (χ1n) is 4.17. The van der Waals surface area contributed by atoms with Crippen LogP contribution < -0.4 is 0 Å². The fourth-order valence-corrected chi connectivity index (χ4v) is 1.93. The van der Waals surface area contributed by atoms with Gasteiger partial charge in [0.2, 0.25) is 0 Å². The van der Waals surface area contributed by atoms with E-state index >= 15 is 0 Å². The average molecular weight is 160 g/mol. The molecule has 0 spiro atoms. The van der Waals surface area contributed by atoms with Gasteiger partial charge in [-0.3, -0.25) is 0 Å². The number of hydrogen-bond donors (Lipinski definition) is 1. The van der Waals surface area contributed by atoms with Gasteiger partial charge in [0.15, 0.2) is 0 Å². The van der Waals surface area contributed by atoms with Gasteiger partial charge in [-0.05, 0) is 24.0 Å². The first-order valence-corrected chi connectivity index (χ1v) is 4.17. The van der Waals surface area contributed by atoms with Crippen molar-refractivity contribution in [3.8, 4) is 6.07 Å². The van der Waals surface area contributed by atoms with Crippen molar-refractivity contribution in [2.24, 2.45) is 5.41 Å². The highest BCUT2D eigenvalue weighted by Gasteiger charge is 2.63. The number of rotatable bonds is 1. The van der Waals surface area contributed by atoms with Crippen LogP contribution >= 0.6 is 0 Å².